The molecule has 2 rings (SSSR count). The van der Waals surface area contributed by atoms with Crippen LogP contribution in [0, 0.1) is 18.3 Å². The molecular formula is C12H11BrN6. The van der Waals surface area contributed by atoms with E-state index in [1.165, 1.54) is 0 Å². The van der Waals surface area contributed by atoms with Gasteiger partial charge in [0.05, 0.1) is 11.3 Å². The van der Waals surface area contributed by atoms with E-state index in [1.54, 1.807) is 25.1 Å². The molecule has 0 saturated carbocycles. The van der Waals surface area contributed by atoms with Crippen molar-refractivity contribution in [1.82, 2.24) is 9.97 Å². The van der Waals surface area contributed by atoms with Gasteiger partial charge in [0.2, 0.25) is 0 Å². The fourth-order valence-electron chi connectivity index (χ4n) is 1.56. The van der Waals surface area contributed by atoms with Gasteiger partial charge in [0.1, 0.15) is 23.5 Å². The molecule has 4 N–H and O–H groups in total. The van der Waals surface area contributed by atoms with Crippen LogP contribution in [0.3, 0.4) is 0 Å². The van der Waals surface area contributed by atoms with E-state index in [9.17, 15) is 0 Å². The van der Waals surface area contributed by atoms with Crippen LogP contribution in [-0.4, -0.2) is 9.97 Å². The van der Waals surface area contributed by atoms with Gasteiger partial charge in [-0.25, -0.2) is 15.8 Å². The summed E-state index contributed by atoms with van der Waals surface area (Å²) in [4.78, 5) is 8.33. The van der Waals surface area contributed by atoms with Gasteiger partial charge in [0.25, 0.3) is 0 Å². The number of nitrogens with one attached hydrogen (secondary N) is 2. The second kappa shape index (κ2) is 5.65. The Morgan fingerprint density at radius 1 is 1.26 bits per heavy atom. The molecule has 1 aromatic carbocycles. The summed E-state index contributed by atoms with van der Waals surface area (Å²) < 4.78 is 0.845. The van der Waals surface area contributed by atoms with Crippen molar-refractivity contribution in [2.45, 2.75) is 6.92 Å². The molecule has 2 aromatic rings. The topological polar surface area (TPSA) is 99.6 Å². The van der Waals surface area contributed by atoms with Crippen LogP contribution in [0.15, 0.2) is 28.7 Å². The highest BCUT2D eigenvalue weighted by Gasteiger charge is 2.06. The van der Waals surface area contributed by atoms with Gasteiger partial charge in [-0.05, 0) is 25.1 Å². The van der Waals surface area contributed by atoms with Crippen LogP contribution >= 0.6 is 15.9 Å². The summed E-state index contributed by atoms with van der Waals surface area (Å²) in [7, 11) is 0. The Labute approximate surface area is 118 Å². The van der Waals surface area contributed by atoms with Crippen LogP contribution in [0.1, 0.15) is 11.4 Å². The summed E-state index contributed by atoms with van der Waals surface area (Å²) in [5.74, 6) is 6.98. The number of halogens is 1. The predicted octanol–water partition coefficient (Wildman–Crippen LogP) is 2.45. The average Bonchev–Trinajstić information content (AvgIpc) is 2.40. The van der Waals surface area contributed by atoms with Gasteiger partial charge in [0.15, 0.2) is 0 Å². The first kappa shape index (κ1) is 13.3. The third-order valence-electron chi connectivity index (χ3n) is 2.35. The Morgan fingerprint density at radius 2 is 2.00 bits per heavy atom. The van der Waals surface area contributed by atoms with Crippen molar-refractivity contribution in [1.29, 1.82) is 5.26 Å². The van der Waals surface area contributed by atoms with E-state index in [4.69, 9.17) is 11.1 Å². The summed E-state index contributed by atoms with van der Waals surface area (Å²) in [5, 5.41) is 12.2. The lowest BCUT2D eigenvalue weighted by Crippen LogP contribution is -2.10. The van der Waals surface area contributed by atoms with Crippen LogP contribution in [0.2, 0.25) is 0 Å². The molecule has 0 atom stereocenters. The molecule has 6 nitrogen and oxygen atoms in total. The van der Waals surface area contributed by atoms with Crippen molar-refractivity contribution >= 4 is 33.3 Å². The molecule has 1 aromatic heterocycles. The molecule has 0 amide bonds. The number of aromatic nitrogens is 2. The molecule has 96 valence electrons. The Kier molecular flexibility index (Phi) is 3.94. The van der Waals surface area contributed by atoms with Crippen LogP contribution < -0.4 is 16.6 Å². The van der Waals surface area contributed by atoms with E-state index in [2.05, 4.69) is 42.7 Å². The SMILES string of the molecule is Cc1nc(NN)cc(Nc2ccc(Br)cc2C#N)n1. The number of nitrogens with two attached hydrogens (primary N) is 1. The quantitative estimate of drug-likeness (QED) is 0.593. The summed E-state index contributed by atoms with van der Waals surface area (Å²) in [6, 6.07) is 9.17. The number of hydrogen-bond donors (Lipinski definition) is 3. The van der Waals surface area contributed by atoms with E-state index in [-0.39, 0.29) is 0 Å². The Balaban J connectivity index is 2.36. The number of benzene rings is 1. The van der Waals surface area contributed by atoms with Crippen LogP contribution in [0.5, 0.6) is 0 Å². The second-order valence-corrected chi connectivity index (χ2v) is 4.67. The van der Waals surface area contributed by atoms with Gasteiger partial charge < -0.3 is 10.7 Å². The highest BCUT2D eigenvalue weighted by atomic mass is 79.9. The number of hydrazine groups is 1. The minimum Gasteiger partial charge on any atom is -0.339 e. The first-order valence-electron chi connectivity index (χ1n) is 5.41. The lowest BCUT2D eigenvalue weighted by Gasteiger charge is -2.09. The fourth-order valence-corrected chi connectivity index (χ4v) is 1.92. The molecule has 0 unspecified atom stereocenters. The molecule has 1 heterocycles. The number of hydrogen-bond acceptors (Lipinski definition) is 6. The number of aryl methyl sites for hydroxylation is 1. The fraction of sp³-hybridized carbons (Fsp3) is 0.0833. The third-order valence-corrected chi connectivity index (χ3v) is 2.84. The number of nitrogen functional groups attached to an aromatic ring is 1. The summed E-state index contributed by atoms with van der Waals surface area (Å²) in [6.07, 6.45) is 0. The molecule has 19 heavy (non-hydrogen) atoms. The maximum atomic E-state index is 9.10. The summed E-state index contributed by atoms with van der Waals surface area (Å²) in [5.41, 5.74) is 3.66. The first-order valence-corrected chi connectivity index (χ1v) is 6.20. The predicted molar refractivity (Wildman–Crippen MR) is 76.7 cm³/mol. The highest BCUT2D eigenvalue weighted by molar-refractivity contribution is 9.10. The molecule has 0 radical (unpaired) electrons. The lowest BCUT2D eigenvalue weighted by atomic mass is 10.2. The summed E-state index contributed by atoms with van der Waals surface area (Å²) in [6.45, 7) is 1.76. The molecule has 7 heteroatoms. The molecular weight excluding hydrogens is 308 g/mol. The number of rotatable bonds is 3. The van der Waals surface area contributed by atoms with Gasteiger partial charge >= 0.3 is 0 Å². The first-order chi connectivity index (χ1) is 9.12. The van der Waals surface area contributed by atoms with E-state index in [1.807, 2.05) is 6.07 Å². The zero-order valence-electron chi connectivity index (χ0n) is 10.1. The number of anilines is 3. The molecule has 0 aliphatic rings. The van der Waals surface area contributed by atoms with Crippen LogP contribution in [0.4, 0.5) is 17.3 Å². The van der Waals surface area contributed by atoms with E-state index in [0.717, 1.165) is 4.47 Å². The third kappa shape index (κ3) is 3.19. The number of nitrogens with zero attached hydrogens (tertiary/aromatic N) is 3. The van der Waals surface area contributed by atoms with Gasteiger partial charge in [-0.3, -0.25) is 0 Å². The number of nitriles is 1. The summed E-state index contributed by atoms with van der Waals surface area (Å²) >= 11 is 3.33. The molecule has 0 bridgehead atoms. The van der Waals surface area contributed by atoms with E-state index >= 15 is 0 Å². The minimum absolute atomic E-state index is 0.505. The van der Waals surface area contributed by atoms with Crippen molar-refractivity contribution in [2.24, 2.45) is 5.84 Å². The molecule has 0 aliphatic heterocycles. The van der Waals surface area contributed by atoms with Crippen molar-refractivity contribution in [2.75, 3.05) is 10.7 Å². The highest BCUT2D eigenvalue weighted by Crippen LogP contribution is 2.23. The van der Waals surface area contributed by atoms with Crippen molar-refractivity contribution in [3.63, 3.8) is 0 Å². The monoisotopic (exact) mass is 318 g/mol. The maximum absolute atomic E-state index is 9.10. The molecule has 0 fully saturated rings. The van der Waals surface area contributed by atoms with Crippen molar-refractivity contribution < 1.29 is 0 Å². The minimum atomic E-state index is 0.505. The molecule has 0 aliphatic carbocycles. The maximum Gasteiger partial charge on any atom is 0.145 e. The zero-order valence-corrected chi connectivity index (χ0v) is 11.7. The van der Waals surface area contributed by atoms with Crippen LogP contribution in [0.25, 0.3) is 0 Å². The van der Waals surface area contributed by atoms with Crippen LogP contribution in [-0.2, 0) is 0 Å². The van der Waals surface area contributed by atoms with Crippen molar-refractivity contribution in [3.05, 3.63) is 40.1 Å². The second-order valence-electron chi connectivity index (χ2n) is 3.76. The molecule has 0 spiro atoms. The van der Waals surface area contributed by atoms with Gasteiger partial charge in [-0.2, -0.15) is 5.26 Å². The average molecular weight is 319 g/mol. The molecule has 0 saturated heterocycles. The Hall–Kier alpha value is -2.17. The van der Waals surface area contributed by atoms with E-state index in [0.29, 0.717) is 28.7 Å². The Bertz CT molecular complexity index is 649. The van der Waals surface area contributed by atoms with Crippen molar-refractivity contribution in [3.8, 4) is 6.07 Å². The Morgan fingerprint density at radius 3 is 2.68 bits per heavy atom. The van der Waals surface area contributed by atoms with E-state index < -0.39 is 0 Å². The smallest absolute Gasteiger partial charge is 0.145 e. The van der Waals surface area contributed by atoms with Gasteiger partial charge in [0, 0.05) is 10.5 Å². The largest absolute Gasteiger partial charge is 0.339 e. The van der Waals surface area contributed by atoms with Gasteiger partial charge in [-0.15, -0.1) is 0 Å². The normalized spacial score (nSPS) is 9.79. The zero-order chi connectivity index (χ0) is 13.8. The van der Waals surface area contributed by atoms with Gasteiger partial charge in [-0.1, -0.05) is 15.9 Å². The standard InChI is InChI=1S/C12H11BrN6/c1-7-16-11(5-12(17-7)19-15)18-10-3-2-9(13)4-8(10)6-14/h2-5H,15H2,1H3,(H2,16,17,18,19). The lowest BCUT2D eigenvalue weighted by molar-refractivity contribution is 1.05.